The Bertz CT molecular complexity index is 245. The van der Waals surface area contributed by atoms with Crippen LogP contribution < -0.4 is 16.0 Å². The Morgan fingerprint density at radius 3 is 2.80 bits per heavy atom. The fourth-order valence-corrected chi connectivity index (χ4v) is 1.46. The predicted octanol–water partition coefficient (Wildman–Crippen LogP) is -1.77. The summed E-state index contributed by atoms with van der Waals surface area (Å²) in [4.78, 5) is 22.4. The maximum absolute atomic E-state index is 11.5. The molecule has 2 atom stereocenters. The minimum atomic E-state index is -0.250. The van der Waals surface area contributed by atoms with E-state index in [1.807, 2.05) is 0 Å². The molecule has 0 radical (unpaired) electrons. The van der Waals surface area contributed by atoms with Crippen LogP contribution >= 0.6 is 0 Å². The van der Waals surface area contributed by atoms with E-state index in [4.69, 9.17) is 4.74 Å². The second-order valence-electron chi connectivity index (χ2n) is 3.45. The number of methoxy groups -OCH3 is 1. The first-order valence-electron chi connectivity index (χ1n) is 4.91. The van der Waals surface area contributed by atoms with Gasteiger partial charge in [-0.15, -0.1) is 0 Å². The zero-order chi connectivity index (χ0) is 11.3. The molecule has 6 nitrogen and oxygen atoms in total. The van der Waals surface area contributed by atoms with Gasteiger partial charge in [0.15, 0.2) is 0 Å². The van der Waals surface area contributed by atoms with Gasteiger partial charge in [0.05, 0.1) is 18.7 Å². The molecule has 0 saturated carbocycles. The largest absolute Gasteiger partial charge is 0.380 e. The third kappa shape index (κ3) is 3.49. The van der Waals surface area contributed by atoms with Gasteiger partial charge in [0.2, 0.25) is 11.8 Å². The number of rotatable bonds is 4. The Morgan fingerprint density at radius 2 is 2.27 bits per heavy atom. The van der Waals surface area contributed by atoms with Gasteiger partial charge in [-0.3, -0.25) is 9.59 Å². The van der Waals surface area contributed by atoms with Crippen LogP contribution in [0.1, 0.15) is 6.42 Å². The molecule has 0 aliphatic carbocycles. The van der Waals surface area contributed by atoms with Crippen molar-refractivity contribution < 1.29 is 14.3 Å². The number of ether oxygens (including phenoxy) is 1. The fraction of sp³-hybridized carbons (Fsp3) is 0.778. The molecule has 1 saturated heterocycles. The van der Waals surface area contributed by atoms with Gasteiger partial charge < -0.3 is 20.7 Å². The molecule has 3 N–H and O–H groups in total. The van der Waals surface area contributed by atoms with Crippen LogP contribution in [0.15, 0.2) is 0 Å². The Balaban J connectivity index is 2.26. The summed E-state index contributed by atoms with van der Waals surface area (Å²) in [6, 6.07) is -0.250. The Labute approximate surface area is 88.7 Å². The monoisotopic (exact) mass is 215 g/mol. The molecule has 0 aromatic carbocycles. The highest BCUT2D eigenvalue weighted by atomic mass is 16.5. The first-order valence-corrected chi connectivity index (χ1v) is 4.91. The summed E-state index contributed by atoms with van der Waals surface area (Å²) in [5.41, 5.74) is 0. The molecule has 15 heavy (non-hydrogen) atoms. The van der Waals surface area contributed by atoms with Gasteiger partial charge in [-0.2, -0.15) is 0 Å². The molecule has 1 fully saturated rings. The van der Waals surface area contributed by atoms with Gasteiger partial charge in [0, 0.05) is 20.7 Å². The molecule has 6 heteroatoms. The van der Waals surface area contributed by atoms with Crippen molar-refractivity contribution in [3.05, 3.63) is 0 Å². The number of hydrogen-bond acceptors (Lipinski definition) is 4. The first kappa shape index (κ1) is 11.9. The Morgan fingerprint density at radius 1 is 1.53 bits per heavy atom. The van der Waals surface area contributed by atoms with Crippen LogP contribution in [-0.2, 0) is 14.3 Å². The molecule has 1 heterocycles. The predicted molar refractivity (Wildman–Crippen MR) is 54.3 cm³/mol. The van der Waals surface area contributed by atoms with Crippen molar-refractivity contribution >= 4 is 11.8 Å². The second kappa shape index (κ2) is 5.67. The van der Waals surface area contributed by atoms with Crippen molar-refractivity contribution in [3.8, 4) is 0 Å². The van der Waals surface area contributed by atoms with Gasteiger partial charge in [-0.1, -0.05) is 0 Å². The molecule has 0 aromatic rings. The summed E-state index contributed by atoms with van der Waals surface area (Å²) in [6.07, 6.45) is 0.733. The number of carbonyl (C=O) groups excluding carboxylic acids is 2. The molecule has 86 valence electrons. The molecule has 0 aromatic heterocycles. The van der Waals surface area contributed by atoms with E-state index in [2.05, 4.69) is 16.0 Å². The second-order valence-corrected chi connectivity index (χ2v) is 3.45. The molecule has 1 aliphatic rings. The summed E-state index contributed by atoms with van der Waals surface area (Å²) < 4.78 is 5.12. The zero-order valence-corrected chi connectivity index (χ0v) is 9.00. The van der Waals surface area contributed by atoms with Crippen molar-refractivity contribution in [2.45, 2.75) is 18.6 Å². The highest BCUT2D eigenvalue weighted by Gasteiger charge is 2.29. The van der Waals surface area contributed by atoms with Crippen molar-refractivity contribution in [1.29, 1.82) is 0 Å². The average molecular weight is 215 g/mol. The summed E-state index contributed by atoms with van der Waals surface area (Å²) in [7, 11) is 3.15. The lowest BCUT2D eigenvalue weighted by atomic mass is 10.2. The Kier molecular flexibility index (Phi) is 4.51. The van der Waals surface area contributed by atoms with E-state index < -0.39 is 0 Å². The van der Waals surface area contributed by atoms with E-state index in [-0.39, 0.29) is 30.5 Å². The van der Waals surface area contributed by atoms with Crippen LogP contribution in [0.25, 0.3) is 0 Å². The number of likely N-dealkylation sites (N-methyl/N-ethyl adjacent to an activating group) is 1. The van der Waals surface area contributed by atoms with Crippen molar-refractivity contribution in [2.24, 2.45) is 0 Å². The maximum Gasteiger partial charge on any atom is 0.239 e. The summed E-state index contributed by atoms with van der Waals surface area (Å²) in [6.45, 7) is 0.694. The molecule has 1 aliphatic heterocycles. The standard InChI is InChI=1S/C9H17N3O3/c1-10-8(13)5-12-9(14)7-3-6(15-2)4-11-7/h6-7,11H,3-5H2,1-2H3,(H,10,13)(H,12,14). The van der Waals surface area contributed by atoms with Crippen molar-refractivity contribution in [2.75, 3.05) is 27.2 Å². The molecular weight excluding hydrogens is 198 g/mol. The minimum Gasteiger partial charge on any atom is -0.380 e. The highest BCUT2D eigenvalue weighted by Crippen LogP contribution is 2.08. The summed E-state index contributed by atoms with van der Waals surface area (Å²) >= 11 is 0. The average Bonchev–Trinajstić information content (AvgIpc) is 2.73. The van der Waals surface area contributed by atoms with Gasteiger partial charge >= 0.3 is 0 Å². The van der Waals surface area contributed by atoms with Crippen molar-refractivity contribution in [1.82, 2.24) is 16.0 Å². The summed E-state index contributed by atoms with van der Waals surface area (Å²) in [5, 5.41) is 8.01. The van der Waals surface area contributed by atoms with Crippen molar-refractivity contribution in [3.63, 3.8) is 0 Å². The third-order valence-corrected chi connectivity index (χ3v) is 2.44. The molecule has 1 rings (SSSR count). The van der Waals surface area contributed by atoms with E-state index in [1.165, 1.54) is 7.05 Å². The fourth-order valence-electron chi connectivity index (χ4n) is 1.46. The SMILES string of the molecule is CNC(=O)CNC(=O)C1CC(OC)CN1. The van der Waals surface area contributed by atoms with Crippen LogP contribution in [0.3, 0.4) is 0 Å². The lowest BCUT2D eigenvalue weighted by molar-refractivity contribution is -0.127. The highest BCUT2D eigenvalue weighted by molar-refractivity contribution is 5.87. The third-order valence-electron chi connectivity index (χ3n) is 2.44. The molecule has 2 amide bonds. The number of amides is 2. The maximum atomic E-state index is 11.5. The van der Waals surface area contributed by atoms with E-state index in [1.54, 1.807) is 7.11 Å². The Hall–Kier alpha value is -1.14. The lowest BCUT2D eigenvalue weighted by Crippen LogP contribution is -2.44. The lowest BCUT2D eigenvalue weighted by Gasteiger charge is -2.10. The van der Waals surface area contributed by atoms with Gasteiger partial charge in [-0.25, -0.2) is 0 Å². The molecular formula is C9H17N3O3. The quantitative estimate of drug-likeness (QED) is 0.518. The van der Waals surface area contributed by atoms with Gasteiger partial charge in [0.1, 0.15) is 0 Å². The van der Waals surface area contributed by atoms with Crippen LogP contribution in [0.2, 0.25) is 0 Å². The number of nitrogens with one attached hydrogen (secondary N) is 3. The van der Waals surface area contributed by atoms with Crippen LogP contribution in [0, 0.1) is 0 Å². The normalized spacial score (nSPS) is 24.9. The van der Waals surface area contributed by atoms with E-state index >= 15 is 0 Å². The molecule has 0 spiro atoms. The smallest absolute Gasteiger partial charge is 0.239 e. The summed E-state index contributed by atoms with van der Waals surface area (Å²) in [5.74, 6) is -0.359. The van der Waals surface area contributed by atoms with Crippen LogP contribution in [0.5, 0.6) is 0 Å². The van der Waals surface area contributed by atoms with Crippen LogP contribution in [0.4, 0.5) is 0 Å². The molecule has 0 bridgehead atoms. The topological polar surface area (TPSA) is 79.5 Å². The number of carbonyl (C=O) groups is 2. The van der Waals surface area contributed by atoms with Gasteiger partial charge in [0.25, 0.3) is 0 Å². The zero-order valence-electron chi connectivity index (χ0n) is 9.00. The first-order chi connectivity index (χ1) is 7.17. The van der Waals surface area contributed by atoms with Crippen LogP contribution in [-0.4, -0.2) is 51.2 Å². The van der Waals surface area contributed by atoms with Gasteiger partial charge in [-0.05, 0) is 6.42 Å². The van der Waals surface area contributed by atoms with E-state index in [0.717, 1.165) is 0 Å². The van der Waals surface area contributed by atoms with E-state index in [9.17, 15) is 9.59 Å². The number of hydrogen-bond donors (Lipinski definition) is 3. The minimum absolute atomic E-state index is 0.0190. The van der Waals surface area contributed by atoms with E-state index in [0.29, 0.717) is 13.0 Å². The molecule has 2 unspecified atom stereocenters.